The molecule has 1 N–H and O–H groups in total. The Hall–Kier alpha value is -1.58. The fraction of sp³-hybridized carbons (Fsp3) is 0.727. The maximum Gasteiger partial charge on any atom is 0.328 e. The number of carbonyl (C=O) groups is 2. The Bertz CT molecular complexity index is 618. The number of allylic oxidation sites excluding steroid dienone is 2. The Labute approximate surface area is 157 Å². The third kappa shape index (κ3) is 4.21. The van der Waals surface area contributed by atoms with E-state index >= 15 is 0 Å². The smallest absolute Gasteiger partial charge is 0.328 e. The maximum absolute atomic E-state index is 11.3. The largest absolute Gasteiger partial charge is 0.478 e. The van der Waals surface area contributed by atoms with Gasteiger partial charge < -0.3 is 9.84 Å². The first-order valence-corrected chi connectivity index (χ1v) is 9.82. The second-order valence-electron chi connectivity index (χ2n) is 8.83. The van der Waals surface area contributed by atoms with Gasteiger partial charge in [-0.2, -0.15) is 0 Å². The molecule has 0 aromatic heterocycles. The normalized spacial score (nSPS) is 34.7. The first-order chi connectivity index (χ1) is 12.1. The molecule has 0 amide bonds. The number of ether oxygens (including phenoxy) is 1. The van der Waals surface area contributed by atoms with Gasteiger partial charge in [-0.05, 0) is 73.7 Å². The predicted octanol–water partition coefficient (Wildman–Crippen LogP) is 5.14. The summed E-state index contributed by atoms with van der Waals surface area (Å²) in [6, 6.07) is 0. The number of carboxylic acids is 1. The van der Waals surface area contributed by atoms with Crippen LogP contribution < -0.4 is 0 Å². The van der Waals surface area contributed by atoms with Gasteiger partial charge in [0.25, 0.3) is 0 Å². The molecular weight excluding hydrogens is 328 g/mol. The summed E-state index contributed by atoms with van der Waals surface area (Å²) in [4.78, 5) is 22.2. The van der Waals surface area contributed by atoms with Crippen molar-refractivity contribution in [2.75, 3.05) is 6.61 Å². The van der Waals surface area contributed by atoms with Crippen molar-refractivity contribution < 1.29 is 19.4 Å². The highest BCUT2D eigenvalue weighted by atomic mass is 16.5. The molecular formula is C22H34O4. The molecule has 2 rings (SSSR count). The number of esters is 1. The van der Waals surface area contributed by atoms with E-state index in [1.165, 1.54) is 18.6 Å². The fourth-order valence-corrected chi connectivity index (χ4v) is 5.35. The summed E-state index contributed by atoms with van der Waals surface area (Å²) in [5, 5.41) is 8.98. The molecule has 4 heteroatoms. The number of hydrogen-bond donors (Lipinski definition) is 1. The molecule has 0 heterocycles. The topological polar surface area (TPSA) is 63.6 Å². The molecule has 0 aromatic rings. The van der Waals surface area contributed by atoms with Gasteiger partial charge in [-0.15, -0.1) is 0 Å². The zero-order chi connectivity index (χ0) is 19.5. The summed E-state index contributed by atoms with van der Waals surface area (Å²) >= 11 is 0. The molecule has 4 unspecified atom stereocenters. The van der Waals surface area contributed by atoms with Crippen molar-refractivity contribution in [2.45, 2.75) is 73.1 Å². The molecule has 4 nitrogen and oxygen atoms in total. The highest BCUT2D eigenvalue weighted by Crippen LogP contribution is 2.62. The highest BCUT2D eigenvalue weighted by molar-refractivity contribution is 5.80. The molecule has 2 aliphatic rings. The number of carbonyl (C=O) groups excluding carboxylic acids is 1. The number of aliphatic carboxylic acids is 1. The minimum absolute atomic E-state index is 0.0688. The van der Waals surface area contributed by atoms with E-state index in [0.29, 0.717) is 18.4 Å². The van der Waals surface area contributed by atoms with Gasteiger partial charge in [0, 0.05) is 13.0 Å². The lowest BCUT2D eigenvalue weighted by Crippen LogP contribution is -2.50. The summed E-state index contributed by atoms with van der Waals surface area (Å²) in [6.45, 7) is 10.9. The minimum Gasteiger partial charge on any atom is -0.478 e. The van der Waals surface area contributed by atoms with E-state index in [1.54, 1.807) is 0 Å². The van der Waals surface area contributed by atoms with Gasteiger partial charge in [-0.1, -0.05) is 32.4 Å². The molecule has 0 bridgehead atoms. The highest BCUT2D eigenvalue weighted by Gasteiger charge is 2.53. The van der Waals surface area contributed by atoms with Gasteiger partial charge in [0.15, 0.2) is 0 Å². The second-order valence-corrected chi connectivity index (χ2v) is 8.83. The molecule has 0 saturated heterocycles. The van der Waals surface area contributed by atoms with Crippen LogP contribution >= 0.6 is 0 Å². The molecule has 0 aromatic carbocycles. The van der Waals surface area contributed by atoms with E-state index < -0.39 is 5.97 Å². The summed E-state index contributed by atoms with van der Waals surface area (Å²) in [7, 11) is 0. The first kappa shape index (κ1) is 20.7. The molecule has 26 heavy (non-hydrogen) atoms. The van der Waals surface area contributed by atoms with Crippen LogP contribution in [0.2, 0.25) is 0 Å². The number of carboxylic acid groups (broad SMARTS) is 1. The lowest BCUT2D eigenvalue weighted by atomic mass is 9.47. The molecule has 0 radical (unpaired) electrons. The monoisotopic (exact) mass is 362 g/mol. The van der Waals surface area contributed by atoms with Gasteiger partial charge in [0.1, 0.15) is 6.61 Å². The van der Waals surface area contributed by atoms with Crippen molar-refractivity contribution in [2.24, 2.45) is 22.7 Å². The van der Waals surface area contributed by atoms with Crippen LogP contribution in [0.5, 0.6) is 0 Å². The molecule has 4 atom stereocenters. The third-order valence-electron chi connectivity index (χ3n) is 7.23. The van der Waals surface area contributed by atoms with Crippen molar-refractivity contribution in [3.05, 3.63) is 23.3 Å². The molecule has 1 fully saturated rings. The lowest BCUT2D eigenvalue weighted by Gasteiger charge is -2.58. The number of fused-ring (bicyclic) bond motifs is 1. The zero-order valence-corrected chi connectivity index (χ0v) is 16.9. The van der Waals surface area contributed by atoms with E-state index in [2.05, 4.69) is 26.8 Å². The van der Waals surface area contributed by atoms with Gasteiger partial charge in [0.05, 0.1) is 0 Å². The molecule has 2 aliphatic carbocycles. The lowest BCUT2D eigenvalue weighted by molar-refractivity contribution is -0.141. The molecule has 1 saturated carbocycles. The Morgan fingerprint density at radius 2 is 2.00 bits per heavy atom. The van der Waals surface area contributed by atoms with Crippen LogP contribution in [-0.4, -0.2) is 23.7 Å². The second kappa shape index (κ2) is 7.98. The standard InChI is InChI=1S/C22H34O4/c1-15(13-20(24)25)9-11-21(4)16(2)10-12-22(5)18(14-26-17(3)23)7-6-8-19(21)22/h7,13,16,19H,6,8-12,14H2,1-5H3,(H,24,25). The van der Waals surface area contributed by atoms with Crippen LogP contribution in [0.15, 0.2) is 23.3 Å². The van der Waals surface area contributed by atoms with Crippen LogP contribution in [0.4, 0.5) is 0 Å². The number of hydrogen-bond acceptors (Lipinski definition) is 3. The summed E-state index contributed by atoms with van der Waals surface area (Å²) < 4.78 is 5.35. The summed E-state index contributed by atoms with van der Waals surface area (Å²) in [5.41, 5.74) is 2.44. The Morgan fingerprint density at radius 3 is 2.62 bits per heavy atom. The zero-order valence-electron chi connectivity index (χ0n) is 16.9. The van der Waals surface area contributed by atoms with Crippen molar-refractivity contribution in [3.8, 4) is 0 Å². The maximum atomic E-state index is 11.3. The minimum atomic E-state index is -0.863. The van der Waals surface area contributed by atoms with Crippen molar-refractivity contribution in [3.63, 3.8) is 0 Å². The van der Waals surface area contributed by atoms with Crippen LogP contribution in [0, 0.1) is 22.7 Å². The van der Waals surface area contributed by atoms with Crippen LogP contribution in [0.3, 0.4) is 0 Å². The average Bonchev–Trinajstić information content (AvgIpc) is 2.55. The quantitative estimate of drug-likeness (QED) is 0.404. The van der Waals surface area contributed by atoms with Gasteiger partial charge in [-0.25, -0.2) is 4.79 Å². The average molecular weight is 363 g/mol. The van der Waals surface area contributed by atoms with Crippen LogP contribution in [0.1, 0.15) is 73.1 Å². The number of rotatable bonds is 6. The third-order valence-corrected chi connectivity index (χ3v) is 7.23. The summed E-state index contributed by atoms with van der Waals surface area (Å²) in [5.74, 6) is 0.0506. The van der Waals surface area contributed by atoms with Gasteiger partial charge >= 0.3 is 11.9 Å². The Kier molecular flexibility index (Phi) is 6.36. The van der Waals surface area contributed by atoms with Crippen LogP contribution in [0.25, 0.3) is 0 Å². The Morgan fingerprint density at radius 1 is 1.31 bits per heavy atom. The van der Waals surface area contributed by atoms with Gasteiger partial charge in [0.2, 0.25) is 0 Å². The Balaban J connectivity index is 2.23. The van der Waals surface area contributed by atoms with E-state index in [1.807, 2.05) is 6.92 Å². The molecule has 146 valence electrons. The van der Waals surface area contributed by atoms with E-state index in [4.69, 9.17) is 9.84 Å². The van der Waals surface area contributed by atoms with Crippen molar-refractivity contribution in [1.29, 1.82) is 0 Å². The van der Waals surface area contributed by atoms with E-state index in [9.17, 15) is 9.59 Å². The fourth-order valence-electron chi connectivity index (χ4n) is 5.35. The van der Waals surface area contributed by atoms with Crippen molar-refractivity contribution >= 4 is 11.9 Å². The van der Waals surface area contributed by atoms with Crippen molar-refractivity contribution in [1.82, 2.24) is 0 Å². The molecule has 0 aliphatic heterocycles. The van der Waals surface area contributed by atoms with Crippen LogP contribution in [-0.2, 0) is 14.3 Å². The first-order valence-electron chi connectivity index (χ1n) is 9.82. The predicted molar refractivity (Wildman–Crippen MR) is 103 cm³/mol. The van der Waals surface area contributed by atoms with E-state index in [0.717, 1.165) is 44.1 Å². The van der Waals surface area contributed by atoms with Gasteiger partial charge in [-0.3, -0.25) is 4.79 Å². The van der Waals surface area contributed by atoms with E-state index in [-0.39, 0.29) is 16.8 Å². The molecule has 0 spiro atoms. The SMILES string of the molecule is CC(=O)OCC1=CCCC2C1(C)CCC(C)C2(C)CCC(C)=CC(=O)O. The summed E-state index contributed by atoms with van der Waals surface area (Å²) in [6.07, 6.45) is 9.92.